The minimum absolute atomic E-state index is 0.0439. The number of hydrogen-bond donors (Lipinski definition) is 1. The second kappa shape index (κ2) is 5.45. The molecule has 1 unspecified atom stereocenters. The minimum Gasteiger partial charge on any atom is -0.310 e. The van der Waals surface area contributed by atoms with Crippen LogP contribution in [0.2, 0.25) is 0 Å². The second-order valence-electron chi connectivity index (χ2n) is 4.34. The molecule has 3 heteroatoms. The van der Waals surface area contributed by atoms with E-state index in [-0.39, 0.29) is 11.8 Å². The number of carbonyl (C=O) groups excluding carboxylic acids is 1. The van der Waals surface area contributed by atoms with Gasteiger partial charge < -0.3 is 5.32 Å². The van der Waals surface area contributed by atoms with Gasteiger partial charge in [0.2, 0.25) is 5.91 Å². The molecule has 92 valence electrons. The van der Waals surface area contributed by atoms with E-state index in [0.29, 0.717) is 5.82 Å². The Morgan fingerprint density at radius 1 is 1.17 bits per heavy atom. The van der Waals surface area contributed by atoms with Crippen LogP contribution in [0.4, 0.5) is 5.82 Å². The largest absolute Gasteiger partial charge is 0.310 e. The number of pyridine rings is 1. The Labute approximate surface area is 107 Å². The van der Waals surface area contributed by atoms with Crippen molar-refractivity contribution in [1.29, 1.82) is 0 Å². The molecule has 0 aliphatic heterocycles. The molecule has 0 radical (unpaired) electrons. The summed E-state index contributed by atoms with van der Waals surface area (Å²) in [6.07, 6.45) is 1.74. The lowest BCUT2D eigenvalue weighted by molar-refractivity contribution is -0.117. The van der Waals surface area contributed by atoms with Crippen molar-refractivity contribution < 1.29 is 4.79 Å². The number of nitrogens with one attached hydrogen (secondary N) is 1. The third-order valence-corrected chi connectivity index (χ3v) is 2.86. The Bertz CT molecular complexity index is 520. The number of benzene rings is 1. The van der Waals surface area contributed by atoms with Gasteiger partial charge in [-0.15, -0.1) is 0 Å². The zero-order chi connectivity index (χ0) is 13.0. The highest BCUT2D eigenvalue weighted by atomic mass is 16.1. The van der Waals surface area contributed by atoms with E-state index in [1.54, 1.807) is 6.20 Å². The van der Waals surface area contributed by atoms with Crippen LogP contribution in [0, 0.1) is 6.92 Å². The van der Waals surface area contributed by atoms with Gasteiger partial charge in [0.1, 0.15) is 5.82 Å². The van der Waals surface area contributed by atoms with E-state index >= 15 is 0 Å². The molecule has 3 nitrogen and oxygen atoms in total. The predicted molar refractivity (Wildman–Crippen MR) is 72.5 cm³/mol. The van der Waals surface area contributed by atoms with E-state index in [1.165, 1.54) is 0 Å². The van der Waals surface area contributed by atoms with Gasteiger partial charge >= 0.3 is 0 Å². The quantitative estimate of drug-likeness (QED) is 0.895. The van der Waals surface area contributed by atoms with Gasteiger partial charge in [0.15, 0.2) is 0 Å². The summed E-state index contributed by atoms with van der Waals surface area (Å²) < 4.78 is 0. The van der Waals surface area contributed by atoms with E-state index in [2.05, 4.69) is 10.3 Å². The Balaban J connectivity index is 2.06. The van der Waals surface area contributed by atoms with Gasteiger partial charge in [-0.3, -0.25) is 4.79 Å². The molecule has 0 aliphatic rings. The summed E-state index contributed by atoms with van der Waals surface area (Å²) in [7, 11) is 0. The SMILES string of the molecule is Cc1ccc(NC(=O)C(C)c2ccccc2)nc1. The van der Waals surface area contributed by atoms with Crippen molar-refractivity contribution in [2.45, 2.75) is 19.8 Å². The standard InChI is InChI=1S/C15H16N2O/c1-11-8-9-14(16-10-11)17-15(18)12(2)13-6-4-3-5-7-13/h3-10,12H,1-2H3,(H,16,17,18). The molecule has 2 rings (SSSR count). The van der Waals surface area contributed by atoms with Crippen molar-refractivity contribution in [2.75, 3.05) is 5.32 Å². The molecule has 0 saturated heterocycles. The molecular formula is C15H16N2O. The van der Waals surface area contributed by atoms with Gasteiger partial charge in [0.25, 0.3) is 0 Å². The van der Waals surface area contributed by atoms with Crippen molar-refractivity contribution >= 4 is 11.7 Å². The van der Waals surface area contributed by atoms with Crippen molar-refractivity contribution in [3.05, 3.63) is 59.8 Å². The molecule has 0 aliphatic carbocycles. The van der Waals surface area contributed by atoms with Crippen LogP contribution in [-0.2, 0) is 4.79 Å². The van der Waals surface area contributed by atoms with Crippen LogP contribution in [0.3, 0.4) is 0 Å². The van der Waals surface area contributed by atoms with Gasteiger partial charge in [-0.2, -0.15) is 0 Å². The Morgan fingerprint density at radius 3 is 2.50 bits per heavy atom. The number of rotatable bonds is 3. The number of anilines is 1. The molecule has 18 heavy (non-hydrogen) atoms. The van der Waals surface area contributed by atoms with Crippen molar-refractivity contribution in [3.63, 3.8) is 0 Å². The first-order chi connectivity index (χ1) is 8.66. The lowest BCUT2D eigenvalue weighted by Gasteiger charge is -2.11. The number of hydrogen-bond acceptors (Lipinski definition) is 2. The average molecular weight is 240 g/mol. The summed E-state index contributed by atoms with van der Waals surface area (Å²) in [4.78, 5) is 16.2. The summed E-state index contributed by atoms with van der Waals surface area (Å²) in [5.74, 6) is 0.361. The maximum absolute atomic E-state index is 12.0. The Hall–Kier alpha value is -2.16. The summed E-state index contributed by atoms with van der Waals surface area (Å²) in [5.41, 5.74) is 2.08. The van der Waals surface area contributed by atoms with E-state index < -0.39 is 0 Å². The third kappa shape index (κ3) is 2.94. The Kier molecular flexibility index (Phi) is 3.72. The van der Waals surface area contributed by atoms with Crippen LogP contribution in [0.25, 0.3) is 0 Å². The summed E-state index contributed by atoms with van der Waals surface area (Å²) >= 11 is 0. The smallest absolute Gasteiger partial charge is 0.232 e. The van der Waals surface area contributed by atoms with Gasteiger partial charge in [0, 0.05) is 6.20 Å². The molecule has 1 aromatic heterocycles. The lowest BCUT2D eigenvalue weighted by atomic mass is 10.0. The fourth-order valence-electron chi connectivity index (χ4n) is 1.67. The molecule has 0 bridgehead atoms. The van der Waals surface area contributed by atoms with E-state index in [4.69, 9.17) is 0 Å². The summed E-state index contributed by atoms with van der Waals surface area (Å²) in [5, 5.41) is 2.82. The second-order valence-corrected chi connectivity index (χ2v) is 4.34. The first kappa shape index (κ1) is 12.3. The van der Waals surface area contributed by atoms with Crippen LogP contribution in [0.1, 0.15) is 24.0 Å². The molecule has 0 saturated carbocycles. The molecule has 1 heterocycles. The third-order valence-electron chi connectivity index (χ3n) is 2.86. The zero-order valence-electron chi connectivity index (χ0n) is 10.6. The maximum atomic E-state index is 12.0. The highest BCUT2D eigenvalue weighted by molar-refractivity contribution is 5.94. The fourth-order valence-corrected chi connectivity index (χ4v) is 1.67. The van der Waals surface area contributed by atoms with Crippen LogP contribution >= 0.6 is 0 Å². The zero-order valence-corrected chi connectivity index (χ0v) is 10.6. The van der Waals surface area contributed by atoms with Crippen LogP contribution < -0.4 is 5.32 Å². The van der Waals surface area contributed by atoms with Gasteiger partial charge in [-0.1, -0.05) is 36.4 Å². The van der Waals surface area contributed by atoms with Gasteiger partial charge in [0.05, 0.1) is 5.92 Å². The molecule has 1 amide bonds. The molecule has 1 N–H and O–H groups in total. The Morgan fingerprint density at radius 2 is 1.89 bits per heavy atom. The summed E-state index contributed by atoms with van der Waals surface area (Å²) in [6.45, 7) is 3.85. The molecule has 2 aromatic rings. The van der Waals surface area contributed by atoms with E-state index in [1.807, 2.05) is 56.3 Å². The lowest BCUT2D eigenvalue weighted by Crippen LogP contribution is -2.19. The molecular weight excluding hydrogens is 224 g/mol. The number of nitrogens with zero attached hydrogens (tertiary/aromatic N) is 1. The van der Waals surface area contributed by atoms with Crippen molar-refractivity contribution in [1.82, 2.24) is 4.98 Å². The van der Waals surface area contributed by atoms with E-state index in [9.17, 15) is 4.79 Å². The predicted octanol–water partition coefficient (Wildman–Crippen LogP) is 3.13. The molecule has 0 fully saturated rings. The minimum atomic E-state index is -0.186. The van der Waals surface area contributed by atoms with Crippen LogP contribution in [-0.4, -0.2) is 10.9 Å². The van der Waals surface area contributed by atoms with Crippen molar-refractivity contribution in [2.24, 2.45) is 0 Å². The monoisotopic (exact) mass is 240 g/mol. The highest BCUT2D eigenvalue weighted by Crippen LogP contribution is 2.16. The van der Waals surface area contributed by atoms with Gasteiger partial charge in [-0.05, 0) is 31.0 Å². The van der Waals surface area contributed by atoms with Crippen molar-refractivity contribution in [3.8, 4) is 0 Å². The first-order valence-corrected chi connectivity index (χ1v) is 5.95. The van der Waals surface area contributed by atoms with Crippen LogP contribution in [0.15, 0.2) is 48.7 Å². The first-order valence-electron chi connectivity index (χ1n) is 5.95. The number of aromatic nitrogens is 1. The number of carbonyl (C=O) groups is 1. The maximum Gasteiger partial charge on any atom is 0.232 e. The molecule has 0 spiro atoms. The number of amides is 1. The fraction of sp³-hybridized carbons (Fsp3) is 0.200. The molecule has 1 atom stereocenters. The van der Waals surface area contributed by atoms with Crippen LogP contribution in [0.5, 0.6) is 0 Å². The van der Waals surface area contributed by atoms with E-state index in [0.717, 1.165) is 11.1 Å². The summed E-state index contributed by atoms with van der Waals surface area (Å²) in [6, 6.07) is 13.4. The highest BCUT2D eigenvalue weighted by Gasteiger charge is 2.15. The normalized spacial score (nSPS) is 11.9. The average Bonchev–Trinajstić information content (AvgIpc) is 2.41. The molecule has 1 aromatic carbocycles. The number of aryl methyl sites for hydroxylation is 1. The topological polar surface area (TPSA) is 42.0 Å². The van der Waals surface area contributed by atoms with Gasteiger partial charge in [-0.25, -0.2) is 4.98 Å².